The molecule has 0 aromatic rings. The topological polar surface area (TPSA) is 32.5 Å². The second-order valence-electron chi connectivity index (χ2n) is 6.82. The van der Waals surface area contributed by atoms with E-state index in [4.69, 9.17) is 5.73 Å². The molecule has 2 saturated heterocycles. The lowest BCUT2D eigenvalue weighted by Gasteiger charge is -2.51. The fourth-order valence-corrected chi connectivity index (χ4v) is 4.77. The van der Waals surface area contributed by atoms with Crippen LogP contribution in [0.2, 0.25) is 0 Å². The Bertz CT molecular complexity index is 285. The van der Waals surface area contributed by atoms with Gasteiger partial charge in [-0.1, -0.05) is 12.8 Å². The molecule has 3 aliphatic rings. The lowest BCUT2D eigenvalue weighted by Crippen LogP contribution is -2.60. The number of piperidine rings is 2. The molecule has 2 N–H and O–H groups in total. The first-order chi connectivity index (χ1) is 8.75. The Morgan fingerprint density at radius 2 is 1.89 bits per heavy atom. The molecule has 2 aliphatic heterocycles. The smallest absolute Gasteiger partial charge is 0.0331 e. The fraction of sp³-hybridized carbons (Fsp3) is 1.00. The van der Waals surface area contributed by atoms with Gasteiger partial charge in [0.1, 0.15) is 0 Å². The first kappa shape index (κ1) is 12.9. The van der Waals surface area contributed by atoms with Crippen molar-refractivity contribution in [3.63, 3.8) is 0 Å². The van der Waals surface area contributed by atoms with Crippen LogP contribution in [0.4, 0.5) is 0 Å². The summed E-state index contributed by atoms with van der Waals surface area (Å²) in [6.07, 6.45) is 9.66. The maximum Gasteiger partial charge on any atom is 0.0331 e. The fourth-order valence-electron chi connectivity index (χ4n) is 4.77. The quantitative estimate of drug-likeness (QED) is 0.810. The van der Waals surface area contributed by atoms with Crippen molar-refractivity contribution in [2.24, 2.45) is 11.7 Å². The molecule has 0 spiro atoms. The van der Waals surface area contributed by atoms with Crippen LogP contribution in [0, 0.1) is 5.92 Å². The molecule has 2 heterocycles. The van der Waals surface area contributed by atoms with E-state index >= 15 is 0 Å². The maximum atomic E-state index is 6.14. The molecule has 2 unspecified atom stereocenters. The molecule has 104 valence electrons. The van der Waals surface area contributed by atoms with E-state index < -0.39 is 0 Å². The summed E-state index contributed by atoms with van der Waals surface area (Å²) >= 11 is 0. The summed E-state index contributed by atoms with van der Waals surface area (Å²) in [5.74, 6) is 0.904. The molecule has 3 fully saturated rings. The van der Waals surface area contributed by atoms with Crippen molar-refractivity contribution >= 4 is 0 Å². The molecule has 3 rings (SSSR count). The normalized spacial score (nSPS) is 37.7. The van der Waals surface area contributed by atoms with E-state index in [0.717, 1.165) is 18.5 Å². The summed E-state index contributed by atoms with van der Waals surface area (Å²) in [7, 11) is 2.32. The number of hydrogen-bond donors (Lipinski definition) is 1. The number of rotatable bonds is 2. The second kappa shape index (κ2) is 5.10. The summed E-state index contributed by atoms with van der Waals surface area (Å²) in [6, 6.07) is 0.853. The van der Waals surface area contributed by atoms with Gasteiger partial charge >= 0.3 is 0 Å². The predicted octanol–water partition coefficient (Wildman–Crippen LogP) is 1.67. The predicted molar refractivity (Wildman–Crippen MR) is 75.6 cm³/mol. The van der Waals surface area contributed by atoms with Crippen LogP contribution in [-0.2, 0) is 0 Å². The zero-order valence-corrected chi connectivity index (χ0v) is 11.9. The minimum absolute atomic E-state index is 0.376. The third-order valence-corrected chi connectivity index (χ3v) is 5.93. The van der Waals surface area contributed by atoms with Crippen molar-refractivity contribution in [1.82, 2.24) is 9.80 Å². The number of hydrogen-bond acceptors (Lipinski definition) is 3. The highest BCUT2D eigenvalue weighted by Gasteiger charge is 2.43. The van der Waals surface area contributed by atoms with E-state index in [9.17, 15) is 0 Å². The van der Waals surface area contributed by atoms with Crippen molar-refractivity contribution in [1.29, 1.82) is 0 Å². The van der Waals surface area contributed by atoms with Crippen LogP contribution >= 0.6 is 0 Å². The maximum absolute atomic E-state index is 6.14. The summed E-state index contributed by atoms with van der Waals surface area (Å²) in [4.78, 5) is 5.38. The molecular weight excluding hydrogens is 222 g/mol. The summed E-state index contributed by atoms with van der Waals surface area (Å²) in [5, 5.41) is 0. The van der Waals surface area contributed by atoms with E-state index in [1.54, 1.807) is 0 Å². The lowest BCUT2D eigenvalue weighted by atomic mass is 9.81. The molecule has 18 heavy (non-hydrogen) atoms. The van der Waals surface area contributed by atoms with Gasteiger partial charge < -0.3 is 10.6 Å². The van der Waals surface area contributed by atoms with Crippen molar-refractivity contribution < 1.29 is 0 Å². The first-order valence-corrected chi connectivity index (χ1v) is 7.90. The van der Waals surface area contributed by atoms with Gasteiger partial charge in [0, 0.05) is 31.2 Å². The molecule has 0 radical (unpaired) electrons. The van der Waals surface area contributed by atoms with Crippen LogP contribution in [0.15, 0.2) is 0 Å². The first-order valence-electron chi connectivity index (χ1n) is 7.90. The number of fused-ring (bicyclic) bond motifs is 1. The van der Waals surface area contributed by atoms with Gasteiger partial charge in [-0.15, -0.1) is 0 Å². The number of likely N-dealkylation sites (tertiary alicyclic amines) is 2. The molecule has 3 nitrogen and oxygen atoms in total. The Hall–Kier alpha value is -0.120. The van der Waals surface area contributed by atoms with Gasteiger partial charge in [0.2, 0.25) is 0 Å². The van der Waals surface area contributed by atoms with Crippen LogP contribution in [0.25, 0.3) is 0 Å². The molecule has 3 heteroatoms. The lowest BCUT2D eigenvalue weighted by molar-refractivity contribution is -0.0121. The summed E-state index contributed by atoms with van der Waals surface area (Å²) in [5.41, 5.74) is 6.52. The van der Waals surface area contributed by atoms with Crippen molar-refractivity contribution in [3.8, 4) is 0 Å². The average Bonchev–Trinajstić information content (AvgIpc) is 2.89. The van der Waals surface area contributed by atoms with Crippen LogP contribution < -0.4 is 5.73 Å². The highest BCUT2D eigenvalue weighted by molar-refractivity contribution is 5.00. The van der Waals surface area contributed by atoms with Crippen molar-refractivity contribution in [3.05, 3.63) is 0 Å². The standard InChI is InChI=1S/C15H29N3/c1-17-9-4-5-13-11-18(10-6-14(13)17)15(12-16)7-2-3-8-15/h13-14H,2-12,16H2,1H3. The molecule has 1 aliphatic carbocycles. The second-order valence-corrected chi connectivity index (χ2v) is 6.82. The van der Waals surface area contributed by atoms with E-state index in [0.29, 0.717) is 5.54 Å². The van der Waals surface area contributed by atoms with Crippen LogP contribution in [0.1, 0.15) is 44.9 Å². The molecule has 0 amide bonds. The average molecular weight is 251 g/mol. The molecule has 0 aromatic carbocycles. The van der Waals surface area contributed by atoms with Crippen LogP contribution in [0.3, 0.4) is 0 Å². The summed E-state index contributed by atoms with van der Waals surface area (Å²) in [6.45, 7) is 4.78. The largest absolute Gasteiger partial charge is 0.329 e. The third-order valence-electron chi connectivity index (χ3n) is 5.93. The molecule has 1 saturated carbocycles. The van der Waals surface area contributed by atoms with Gasteiger partial charge in [0.25, 0.3) is 0 Å². The Labute approximate surface area is 112 Å². The van der Waals surface area contributed by atoms with Crippen molar-refractivity contribution in [2.45, 2.75) is 56.5 Å². The Morgan fingerprint density at radius 3 is 2.61 bits per heavy atom. The molecule has 0 aromatic heterocycles. The molecule has 0 bridgehead atoms. The monoisotopic (exact) mass is 251 g/mol. The van der Waals surface area contributed by atoms with E-state index in [2.05, 4.69) is 16.8 Å². The number of nitrogens with zero attached hydrogens (tertiary/aromatic N) is 2. The number of nitrogens with two attached hydrogens (primary N) is 1. The molecule has 2 atom stereocenters. The zero-order valence-electron chi connectivity index (χ0n) is 11.9. The van der Waals surface area contributed by atoms with Gasteiger partial charge in [-0.2, -0.15) is 0 Å². The van der Waals surface area contributed by atoms with Crippen LogP contribution in [-0.4, -0.2) is 54.6 Å². The van der Waals surface area contributed by atoms with Gasteiger partial charge in [0.15, 0.2) is 0 Å². The minimum Gasteiger partial charge on any atom is -0.329 e. The SMILES string of the molecule is CN1CCCC2CN(C3(CN)CCCC3)CCC21. The van der Waals surface area contributed by atoms with E-state index in [-0.39, 0.29) is 0 Å². The zero-order chi connectivity index (χ0) is 12.6. The van der Waals surface area contributed by atoms with Gasteiger partial charge in [-0.3, -0.25) is 4.90 Å². The third kappa shape index (κ3) is 2.10. The minimum atomic E-state index is 0.376. The van der Waals surface area contributed by atoms with Crippen LogP contribution in [0.5, 0.6) is 0 Å². The Kier molecular flexibility index (Phi) is 3.65. The van der Waals surface area contributed by atoms with Gasteiger partial charge in [-0.05, 0) is 51.6 Å². The van der Waals surface area contributed by atoms with Crippen molar-refractivity contribution in [2.75, 3.05) is 33.2 Å². The highest BCUT2D eigenvalue weighted by atomic mass is 15.3. The Morgan fingerprint density at radius 1 is 1.11 bits per heavy atom. The Balaban J connectivity index is 1.69. The van der Waals surface area contributed by atoms with Gasteiger partial charge in [0.05, 0.1) is 0 Å². The van der Waals surface area contributed by atoms with E-state index in [1.165, 1.54) is 64.6 Å². The van der Waals surface area contributed by atoms with Gasteiger partial charge in [-0.25, -0.2) is 0 Å². The highest BCUT2D eigenvalue weighted by Crippen LogP contribution is 2.39. The van der Waals surface area contributed by atoms with E-state index in [1.807, 2.05) is 0 Å². The molecular formula is C15H29N3. The summed E-state index contributed by atoms with van der Waals surface area (Å²) < 4.78 is 0.